The summed E-state index contributed by atoms with van der Waals surface area (Å²) in [5, 5.41) is 10.5. The van der Waals surface area contributed by atoms with E-state index in [9.17, 15) is 5.11 Å². The van der Waals surface area contributed by atoms with Crippen molar-refractivity contribution in [3.8, 4) is 23.7 Å². The van der Waals surface area contributed by atoms with Crippen LogP contribution in [0.2, 0.25) is 0 Å². The van der Waals surface area contributed by atoms with Crippen LogP contribution in [0.3, 0.4) is 0 Å². The number of benzene rings is 3. The van der Waals surface area contributed by atoms with E-state index in [0.717, 1.165) is 27.8 Å². The van der Waals surface area contributed by atoms with Gasteiger partial charge in [-0.25, -0.2) is 0 Å². The van der Waals surface area contributed by atoms with Gasteiger partial charge in [0.15, 0.2) is 0 Å². The summed E-state index contributed by atoms with van der Waals surface area (Å²) in [7, 11) is 0. The van der Waals surface area contributed by atoms with Crippen molar-refractivity contribution in [2.75, 3.05) is 5.73 Å². The molecule has 3 aromatic rings. The first-order chi connectivity index (χ1) is 13.8. The van der Waals surface area contributed by atoms with Crippen molar-refractivity contribution in [3.63, 3.8) is 0 Å². The van der Waals surface area contributed by atoms with Crippen molar-refractivity contribution in [1.82, 2.24) is 0 Å². The Bertz CT molecular complexity index is 1100. The SMILES string of the molecule is CC(C)(C)c1ccc(N)c(C#C[C@@H](O)c2ccc(C#Cc3ccccc3)cc2)c1. The number of hydrogen-bond acceptors (Lipinski definition) is 2. The molecule has 0 unspecified atom stereocenters. The predicted molar refractivity (Wildman–Crippen MR) is 120 cm³/mol. The van der Waals surface area contributed by atoms with Gasteiger partial charge in [0.2, 0.25) is 0 Å². The first-order valence-electron chi connectivity index (χ1n) is 9.59. The Kier molecular flexibility index (Phi) is 6.08. The van der Waals surface area contributed by atoms with Gasteiger partial charge in [0.1, 0.15) is 6.10 Å². The summed E-state index contributed by atoms with van der Waals surface area (Å²) < 4.78 is 0. The van der Waals surface area contributed by atoms with E-state index in [1.165, 1.54) is 0 Å². The Balaban J connectivity index is 1.76. The summed E-state index contributed by atoms with van der Waals surface area (Å²) in [4.78, 5) is 0. The van der Waals surface area contributed by atoms with E-state index in [2.05, 4.69) is 44.5 Å². The lowest BCUT2D eigenvalue weighted by atomic mass is 9.86. The average molecular weight is 380 g/mol. The number of nitrogen functional groups attached to an aromatic ring is 1. The third kappa shape index (κ3) is 5.52. The van der Waals surface area contributed by atoms with Gasteiger partial charge in [0, 0.05) is 22.4 Å². The Morgan fingerprint density at radius 1 is 0.793 bits per heavy atom. The van der Waals surface area contributed by atoms with Crippen LogP contribution in [0.4, 0.5) is 5.69 Å². The average Bonchev–Trinajstić information content (AvgIpc) is 2.71. The van der Waals surface area contributed by atoms with Crippen LogP contribution in [-0.4, -0.2) is 5.11 Å². The topological polar surface area (TPSA) is 46.2 Å². The highest BCUT2D eigenvalue weighted by molar-refractivity contribution is 5.58. The first-order valence-corrected chi connectivity index (χ1v) is 9.59. The fourth-order valence-corrected chi connectivity index (χ4v) is 2.78. The molecule has 1 atom stereocenters. The smallest absolute Gasteiger partial charge is 0.140 e. The summed E-state index contributed by atoms with van der Waals surface area (Å²) in [6, 6.07) is 23.2. The molecule has 3 rings (SSSR count). The number of aliphatic hydroxyl groups is 1. The van der Waals surface area contributed by atoms with E-state index in [1.807, 2.05) is 72.8 Å². The van der Waals surface area contributed by atoms with Crippen LogP contribution in [0, 0.1) is 23.7 Å². The standard InChI is InChI=1S/C27H25NO/c1-27(2,3)24-16-17-25(28)23(19-24)15-18-26(29)22-13-11-21(12-14-22)10-9-20-7-5-4-6-8-20/h4-8,11-14,16-17,19,26,29H,28H2,1-3H3/t26-/m1/s1. The van der Waals surface area contributed by atoms with Crippen molar-refractivity contribution >= 4 is 5.69 Å². The molecule has 2 heteroatoms. The fourth-order valence-electron chi connectivity index (χ4n) is 2.78. The summed E-state index contributed by atoms with van der Waals surface area (Å²) in [5.41, 5.74) is 11.2. The number of hydrogen-bond donors (Lipinski definition) is 2. The first kappa shape index (κ1) is 20.3. The van der Waals surface area contributed by atoms with Gasteiger partial charge < -0.3 is 10.8 Å². The Hall–Kier alpha value is -3.46. The summed E-state index contributed by atoms with van der Waals surface area (Å²) in [5.74, 6) is 12.2. The van der Waals surface area contributed by atoms with Gasteiger partial charge in [-0.1, -0.05) is 80.9 Å². The normalized spacial score (nSPS) is 11.6. The van der Waals surface area contributed by atoms with E-state index in [-0.39, 0.29) is 5.41 Å². The van der Waals surface area contributed by atoms with E-state index in [0.29, 0.717) is 5.69 Å². The zero-order valence-corrected chi connectivity index (χ0v) is 17.0. The Labute approximate surface area is 173 Å². The second-order valence-electron chi connectivity index (χ2n) is 7.96. The van der Waals surface area contributed by atoms with Crippen LogP contribution in [0.15, 0.2) is 72.8 Å². The predicted octanol–water partition coefficient (Wildman–Crippen LogP) is 5.05. The van der Waals surface area contributed by atoms with Crippen molar-refractivity contribution in [2.45, 2.75) is 32.3 Å². The number of rotatable bonds is 1. The van der Waals surface area contributed by atoms with Crippen molar-refractivity contribution in [3.05, 3.63) is 101 Å². The van der Waals surface area contributed by atoms with E-state index in [4.69, 9.17) is 5.73 Å². The molecule has 0 fully saturated rings. The molecule has 0 heterocycles. The summed E-state index contributed by atoms with van der Waals surface area (Å²) in [6.07, 6.45) is -0.885. The van der Waals surface area contributed by atoms with Gasteiger partial charge >= 0.3 is 0 Å². The van der Waals surface area contributed by atoms with Crippen LogP contribution in [-0.2, 0) is 5.41 Å². The highest BCUT2D eigenvalue weighted by atomic mass is 16.3. The molecule has 0 radical (unpaired) electrons. The molecular formula is C27H25NO. The maximum absolute atomic E-state index is 10.5. The zero-order chi connectivity index (χ0) is 20.9. The molecular weight excluding hydrogens is 354 g/mol. The van der Waals surface area contributed by atoms with Gasteiger partial charge in [-0.3, -0.25) is 0 Å². The van der Waals surface area contributed by atoms with Crippen molar-refractivity contribution in [1.29, 1.82) is 0 Å². The minimum absolute atomic E-state index is 0.0133. The third-order valence-corrected chi connectivity index (χ3v) is 4.61. The third-order valence-electron chi connectivity index (χ3n) is 4.61. The van der Waals surface area contributed by atoms with Crippen LogP contribution in [0.25, 0.3) is 0 Å². The highest BCUT2D eigenvalue weighted by Crippen LogP contribution is 2.25. The molecule has 0 aliphatic heterocycles. The molecule has 3 N–H and O–H groups in total. The zero-order valence-electron chi connectivity index (χ0n) is 17.0. The monoisotopic (exact) mass is 379 g/mol. The second-order valence-corrected chi connectivity index (χ2v) is 7.96. The molecule has 0 bridgehead atoms. The van der Waals surface area contributed by atoms with Gasteiger partial charge in [-0.2, -0.15) is 0 Å². The molecule has 2 nitrogen and oxygen atoms in total. The van der Waals surface area contributed by atoms with Gasteiger partial charge in [0.05, 0.1) is 0 Å². The number of nitrogens with two attached hydrogens (primary N) is 1. The quantitative estimate of drug-likeness (QED) is 0.459. The Morgan fingerprint density at radius 3 is 2.03 bits per heavy atom. The minimum Gasteiger partial charge on any atom is -0.398 e. The molecule has 0 aliphatic carbocycles. The van der Waals surface area contributed by atoms with Gasteiger partial charge in [-0.15, -0.1) is 0 Å². The molecule has 0 saturated heterocycles. The van der Waals surface area contributed by atoms with Gasteiger partial charge in [0.25, 0.3) is 0 Å². The molecule has 3 aromatic carbocycles. The van der Waals surface area contributed by atoms with Crippen molar-refractivity contribution < 1.29 is 5.11 Å². The van der Waals surface area contributed by atoms with E-state index in [1.54, 1.807) is 0 Å². The maximum Gasteiger partial charge on any atom is 0.140 e. The summed E-state index contributed by atoms with van der Waals surface area (Å²) >= 11 is 0. The van der Waals surface area contributed by atoms with Crippen LogP contribution in [0.1, 0.15) is 54.7 Å². The fraction of sp³-hybridized carbons (Fsp3) is 0.185. The highest BCUT2D eigenvalue weighted by Gasteiger charge is 2.14. The lowest BCUT2D eigenvalue weighted by Gasteiger charge is -2.19. The van der Waals surface area contributed by atoms with Crippen LogP contribution in [0.5, 0.6) is 0 Å². The lowest BCUT2D eigenvalue weighted by molar-refractivity contribution is 0.238. The lowest BCUT2D eigenvalue weighted by Crippen LogP contribution is -2.11. The number of anilines is 1. The van der Waals surface area contributed by atoms with Crippen LogP contribution < -0.4 is 5.73 Å². The molecule has 0 amide bonds. The molecule has 0 aromatic heterocycles. The molecule has 0 spiro atoms. The largest absolute Gasteiger partial charge is 0.398 e. The van der Waals surface area contributed by atoms with E-state index >= 15 is 0 Å². The van der Waals surface area contributed by atoms with Gasteiger partial charge in [-0.05, 0) is 52.9 Å². The Morgan fingerprint density at radius 2 is 1.41 bits per heavy atom. The minimum atomic E-state index is -0.885. The van der Waals surface area contributed by atoms with E-state index < -0.39 is 6.10 Å². The summed E-state index contributed by atoms with van der Waals surface area (Å²) in [6.45, 7) is 6.44. The number of aliphatic hydroxyl groups excluding tert-OH is 1. The molecule has 29 heavy (non-hydrogen) atoms. The molecule has 144 valence electrons. The molecule has 0 saturated carbocycles. The maximum atomic E-state index is 10.5. The molecule has 0 aliphatic rings. The second kappa shape index (κ2) is 8.70. The van der Waals surface area contributed by atoms with Crippen molar-refractivity contribution in [2.24, 2.45) is 0 Å². The van der Waals surface area contributed by atoms with Crippen LogP contribution >= 0.6 is 0 Å².